The monoisotopic (exact) mass is 261 g/mol. The number of aromatic nitrogens is 2. The van der Waals surface area contributed by atoms with Crippen molar-refractivity contribution in [3.63, 3.8) is 0 Å². The summed E-state index contributed by atoms with van der Waals surface area (Å²) in [5.41, 5.74) is 5.81. The Morgan fingerprint density at radius 3 is 2.74 bits per heavy atom. The molecule has 2 heterocycles. The number of nitrogens with two attached hydrogens (primary N) is 1. The largest absolute Gasteiger partial charge is 0.352 e. The normalized spacial score (nSPS) is 17.1. The highest BCUT2D eigenvalue weighted by Crippen LogP contribution is 2.12. The van der Waals surface area contributed by atoms with E-state index in [9.17, 15) is 4.79 Å². The first-order valence-corrected chi connectivity index (χ1v) is 6.38. The van der Waals surface area contributed by atoms with E-state index in [-0.39, 0.29) is 5.91 Å². The highest BCUT2D eigenvalue weighted by Gasteiger charge is 2.24. The molecule has 19 heavy (non-hydrogen) atoms. The number of rotatable bonds is 4. The van der Waals surface area contributed by atoms with Crippen molar-refractivity contribution in [3.05, 3.63) is 31.2 Å². The molecule has 6 heteroatoms. The summed E-state index contributed by atoms with van der Waals surface area (Å²) in [4.78, 5) is 24.3. The fourth-order valence-corrected chi connectivity index (χ4v) is 2.13. The first-order chi connectivity index (χ1) is 9.22. The molecule has 0 radical (unpaired) electrons. The van der Waals surface area contributed by atoms with Gasteiger partial charge in [0, 0.05) is 38.6 Å². The minimum atomic E-state index is -0.472. The van der Waals surface area contributed by atoms with Crippen molar-refractivity contribution in [2.75, 3.05) is 31.1 Å². The van der Waals surface area contributed by atoms with E-state index in [1.807, 2.05) is 0 Å². The number of hydrogen-bond donors (Lipinski definition) is 1. The molecule has 0 bridgehead atoms. The second-order valence-electron chi connectivity index (χ2n) is 4.51. The Morgan fingerprint density at radius 2 is 2.16 bits per heavy atom. The minimum Gasteiger partial charge on any atom is -0.352 e. The lowest BCUT2D eigenvalue weighted by molar-refractivity contribution is -0.132. The molecule has 0 spiro atoms. The van der Waals surface area contributed by atoms with Crippen LogP contribution in [0.5, 0.6) is 0 Å². The first kappa shape index (κ1) is 13.5. The third kappa shape index (κ3) is 3.29. The van der Waals surface area contributed by atoms with Crippen LogP contribution in [0.3, 0.4) is 0 Å². The number of carbonyl (C=O) groups is 1. The van der Waals surface area contributed by atoms with Crippen molar-refractivity contribution < 1.29 is 4.79 Å². The number of carbonyl (C=O) groups excluding carboxylic acids is 1. The third-order valence-electron chi connectivity index (χ3n) is 3.20. The van der Waals surface area contributed by atoms with E-state index < -0.39 is 6.04 Å². The Labute approximate surface area is 112 Å². The highest BCUT2D eigenvalue weighted by molar-refractivity contribution is 5.82. The van der Waals surface area contributed by atoms with Crippen LogP contribution in [0.1, 0.15) is 6.42 Å². The van der Waals surface area contributed by atoms with Gasteiger partial charge in [-0.25, -0.2) is 4.98 Å². The Morgan fingerprint density at radius 1 is 1.42 bits per heavy atom. The van der Waals surface area contributed by atoms with Crippen molar-refractivity contribution in [3.8, 4) is 0 Å². The van der Waals surface area contributed by atoms with Gasteiger partial charge in [-0.15, -0.1) is 6.58 Å². The predicted octanol–water partition coefficient (Wildman–Crippen LogP) is 0.0286. The van der Waals surface area contributed by atoms with Crippen molar-refractivity contribution in [1.29, 1.82) is 0 Å². The standard InChI is InChI=1S/C13H19N5O/c1-2-3-11(14)13(19)18-8-6-17(7-9-18)12-10-15-4-5-16-12/h2,4-5,10-11H,1,3,6-9,14H2. The zero-order chi connectivity index (χ0) is 13.7. The lowest BCUT2D eigenvalue weighted by Gasteiger charge is -2.36. The lowest BCUT2D eigenvalue weighted by atomic mass is 10.1. The molecule has 0 aromatic carbocycles. The van der Waals surface area contributed by atoms with Gasteiger partial charge in [0.25, 0.3) is 0 Å². The van der Waals surface area contributed by atoms with Crippen LogP contribution >= 0.6 is 0 Å². The summed E-state index contributed by atoms with van der Waals surface area (Å²) in [5.74, 6) is 0.851. The van der Waals surface area contributed by atoms with Gasteiger partial charge in [0.2, 0.25) is 5.91 Å². The zero-order valence-electron chi connectivity index (χ0n) is 10.9. The van der Waals surface area contributed by atoms with Gasteiger partial charge >= 0.3 is 0 Å². The summed E-state index contributed by atoms with van der Waals surface area (Å²) in [6.45, 7) is 6.45. The smallest absolute Gasteiger partial charge is 0.239 e. The molecule has 1 aromatic heterocycles. The maximum atomic E-state index is 12.0. The molecule has 1 amide bonds. The molecule has 1 unspecified atom stereocenters. The van der Waals surface area contributed by atoms with Gasteiger partial charge < -0.3 is 15.5 Å². The van der Waals surface area contributed by atoms with E-state index in [1.54, 1.807) is 29.6 Å². The quantitative estimate of drug-likeness (QED) is 0.774. The average molecular weight is 261 g/mol. The fraction of sp³-hybridized carbons (Fsp3) is 0.462. The Kier molecular flexibility index (Phi) is 4.46. The number of hydrogen-bond acceptors (Lipinski definition) is 5. The molecule has 1 fully saturated rings. The molecule has 1 atom stereocenters. The summed E-state index contributed by atoms with van der Waals surface area (Å²) in [5, 5.41) is 0. The van der Waals surface area contributed by atoms with Gasteiger partial charge in [0.15, 0.2) is 0 Å². The molecule has 1 saturated heterocycles. The van der Waals surface area contributed by atoms with Crippen LogP contribution in [0.25, 0.3) is 0 Å². The molecule has 6 nitrogen and oxygen atoms in total. The fourth-order valence-electron chi connectivity index (χ4n) is 2.13. The summed E-state index contributed by atoms with van der Waals surface area (Å²) < 4.78 is 0. The van der Waals surface area contributed by atoms with Crippen molar-refractivity contribution in [2.24, 2.45) is 5.73 Å². The summed E-state index contributed by atoms with van der Waals surface area (Å²) in [6, 6.07) is -0.472. The molecule has 102 valence electrons. The van der Waals surface area contributed by atoms with Crippen LogP contribution in [0.15, 0.2) is 31.2 Å². The van der Waals surface area contributed by atoms with Crippen LogP contribution in [0, 0.1) is 0 Å². The van der Waals surface area contributed by atoms with Crippen LogP contribution < -0.4 is 10.6 Å². The number of piperazine rings is 1. The van der Waals surface area contributed by atoms with Crippen LogP contribution in [0.4, 0.5) is 5.82 Å². The third-order valence-corrected chi connectivity index (χ3v) is 3.20. The molecule has 0 saturated carbocycles. The van der Waals surface area contributed by atoms with Crippen LogP contribution in [0.2, 0.25) is 0 Å². The van der Waals surface area contributed by atoms with E-state index in [4.69, 9.17) is 5.73 Å². The van der Waals surface area contributed by atoms with Gasteiger partial charge in [-0.2, -0.15) is 0 Å². The second kappa shape index (κ2) is 6.29. The summed E-state index contributed by atoms with van der Waals surface area (Å²) in [7, 11) is 0. The molecule has 1 aromatic rings. The number of amides is 1. The summed E-state index contributed by atoms with van der Waals surface area (Å²) in [6.07, 6.45) is 7.26. The highest BCUT2D eigenvalue weighted by atomic mass is 16.2. The Hall–Kier alpha value is -1.95. The zero-order valence-corrected chi connectivity index (χ0v) is 10.9. The topological polar surface area (TPSA) is 75.4 Å². The molecule has 1 aliphatic rings. The predicted molar refractivity (Wildman–Crippen MR) is 73.6 cm³/mol. The van der Waals surface area contributed by atoms with E-state index in [2.05, 4.69) is 21.4 Å². The Bertz CT molecular complexity index is 428. The van der Waals surface area contributed by atoms with Gasteiger partial charge in [0.1, 0.15) is 5.82 Å². The van der Waals surface area contributed by atoms with Gasteiger partial charge in [-0.1, -0.05) is 6.08 Å². The second-order valence-corrected chi connectivity index (χ2v) is 4.51. The molecule has 2 N–H and O–H groups in total. The maximum Gasteiger partial charge on any atom is 0.239 e. The minimum absolute atomic E-state index is 0.00121. The number of nitrogens with zero attached hydrogens (tertiary/aromatic N) is 4. The maximum absolute atomic E-state index is 12.0. The van der Waals surface area contributed by atoms with E-state index in [0.29, 0.717) is 19.5 Å². The molecule has 0 aliphatic carbocycles. The van der Waals surface area contributed by atoms with Crippen LogP contribution in [-0.4, -0.2) is 53.0 Å². The number of anilines is 1. The van der Waals surface area contributed by atoms with Crippen LogP contribution in [-0.2, 0) is 4.79 Å². The van der Waals surface area contributed by atoms with Crippen molar-refractivity contribution in [2.45, 2.75) is 12.5 Å². The van der Waals surface area contributed by atoms with Crippen molar-refractivity contribution >= 4 is 11.7 Å². The molecule has 2 rings (SSSR count). The van der Waals surface area contributed by atoms with Gasteiger partial charge in [-0.05, 0) is 6.42 Å². The first-order valence-electron chi connectivity index (χ1n) is 6.38. The van der Waals surface area contributed by atoms with Crippen molar-refractivity contribution in [1.82, 2.24) is 14.9 Å². The average Bonchev–Trinajstić information content (AvgIpc) is 2.48. The Balaban J connectivity index is 1.89. The van der Waals surface area contributed by atoms with E-state index in [0.717, 1.165) is 18.9 Å². The molecular weight excluding hydrogens is 242 g/mol. The van der Waals surface area contributed by atoms with Gasteiger partial charge in [0.05, 0.1) is 12.2 Å². The summed E-state index contributed by atoms with van der Waals surface area (Å²) >= 11 is 0. The van der Waals surface area contributed by atoms with E-state index in [1.165, 1.54) is 0 Å². The van der Waals surface area contributed by atoms with Gasteiger partial charge in [-0.3, -0.25) is 9.78 Å². The SMILES string of the molecule is C=CCC(N)C(=O)N1CCN(c2cnccn2)CC1. The molecular formula is C13H19N5O. The van der Waals surface area contributed by atoms with E-state index >= 15 is 0 Å². The lowest BCUT2D eigenvalue weighted by Crippen LogP contribution is -2.53. The molecule has 1 aliphatic heterocycles.